The fourth-order valence-corrected chi connectivity index (χ4v) is 5.82. The summed E-state index contributed by atoms with van der Waals surface area (Å²) in [5.74, 6) is 0.592. The van der Waals surface area contributed by atoms with Crippen molar-refractivity contribution in [2.75, 3.05) is 0 Å². The fourth-order valence-electron chi connectivity index (χ4n) is 5.82. The van der Waals surface area contributed by atoms with Gasteiger partial charge < -0.3 is 0 Å². The first-order valence-corrected chi connectivity index (χ1v) is 14.9. The Labute approximate surface area is 261 Å². The number of hydrogen-bond donors (Lipinski definition) is 0. The SMILES string of the molecule is Cc1cc(-c2cccc(-c3cc(-c4ccccc4)nc(-c4ccccn4)n3)c2)c2ccc3ccc(-c4ccccc4)nc3c2n1. The van der Waals surface area contributed by atoms with Gasteiger partial charge in [0.2, 0.25) is 0 Å². The Morgan fingerprint density at radius 3 is 1.84 bits per heavy atom. The van der Waals surface area contributed by atoms with E-state index in [9.17, 15) is 0 Å². The molecule has 8 aromatic rings. The van der Waals surface area contributed by atoms with Crippen LogP contribution in [-0.4, -0.2) is 24.9 Å². The van der Waals surface area contributed by atoms with Gasteiger partial charge in [-0.1, -0.05) is 103 Å². The molecule has 0 radical (unpaired) electrons. The van der Waals surface area contributed by atoms with Crippen LogP contribution in [0.3, 0.4) is 0 Å². The summed E-state index contributed by atoms with van der Waals surface area (Å²) in [5.41, 5.74) is 11.4. The highest BCUT2D eigenvalue weighted by Crippen LogP contribution is 2.35. The van der Waals surface area contributed by atoms with Gasteiger partial charge in [0, 0.05) is 39.4 Å². The van der Waals surface area contributed by atoms with Crippen molar-refractivity contribution in [1.29, 1.82) is 0 Å². The first-order chi connectivity index (χ1) is 22.2. The van der Waals surface area contributed by atoms with Crippen LogP contribution < -0.4 is 0 Å². The molecule has 5 nitrogen and oxygen atoms in total. The van der Waals surface area contributed by atoms with E-state index in [1.54, 1.807) is 6.20 Å². The second kappa shape index (κ2) is 11.2. The summed E-state index contributed by atoms with van der Waals surface area (Å²) in [6.45, 7) is 2.04. The molecule has 0 fully saturated rings. The lowest BCUT2D eigenvalue weighted by Gasteiger charge is -2.13. The van der Waals surface area contributed by atoms with E-state index in [0.717, 1.165) is 78.1 Å². The van der Waals surface area contributed by atoms with E-state index in [4.69, 9.17) is 19.9 Å². The molecular formula is C40H27N5. The second-order valence-electron chi connectivity index (χ2n) is 11.0. The Morgan fingerprint density at radius 1 is 0.422 bits per heavy atom. The lowest BCUT2D eigenvalue weighted by atomic mass is 9.96. The van der Waals surface area contributed by atoms with Crippen LogP contribution in [-0.2, 0) is 0 Å². The molecule has 0 aliphatic rings. The van der Waals surface area contributed by atoms with Crippen molar-refractivity contribution in [2.45, 2.75) is 6.92 Å². The molecule has 8 rings (SSSR count). The van der Waals surface area contributed by atoms with Gasteiger partial charge in [-0.3, -0.25) is 9.97 Å². The van der Waals surface area contributed by atoms with E-state index in [-0.39, 0.29) is 0 Å². The first-order valence-electron chi connectivity index (χ1n) is 14.9. The van der Waals surface area contributed by atoms with Crippen molar-refractivity contribution in [3.8, 4) is 56.4 Å². The molecule has 0 spiro atoms. The highest BCUT2D eigenvalue weighted by atomic mass is 14.9. The number of benzene rings is 4. The van der Waals surface area contributed by atoms with Crippen LogP contribution in [0.4, 0.5) is 0 Å². The zero-order chi connectivity index (χ0) is 30.2. The molecule has 5 heteroatoms. The molecule has 0 amide bonds. The van der Waals surface area contributed by atoms with Crippen LogP contribution in [0.2, 0.25) is 0 Å². The molecule has 45 heavy (non-hydrogen) atoms. The Kier molecular flexibility index (Phi) is 6.61. The van der Waals surface area contributed by atoms with Gasteiger partial charge in [-0.15, -0.1) is 0 Å². The minimum atomic E-state index is 0.592. The van der Waals surface area contributed by atoms with Crippen LogP contribution >= 0.6 is 0 Å². The summed E-state index contributed by atoms with van der Waals surface area (Å²) in [7, 11) is 0. The van der Waals surface area contributed by atoms with Crippen LogP contribution in [0, 0.1) is 6.92 Å². The minimum Gasteiger partial charge on any atom is -0.253 e. The molecule has 0 aliphatic carbocycles. The molecule has 0 aliphatic heterocycles. The largest absolute Gasteiger partial charge is 0.253 e. The van der Waals surface area contributed by atoms with Gasteiger partial charge in [0.1, 0.15) is 5.69 Å². The Bertz CT molecular complexity index is 2260. The lowest BCUT2D eigenvalue weighted by molar-refractivity contribution is 1.15. The van der Waals surface area contributed by atoms with E-state index in [1.807, 2.05) is 61.5 Å². The zero-order valence-electron chi connectivity index (χ0n) is 24.6. The van der Waals surface area contributed by atoms with Gasteiger partial charge in [0.05, 0.1) is 28.1 Å². The number of aryl methyl sites for hydroxylation is 1. The summed E-state index contributed by atoms with van der Waals surface area (Å²) in [6.07, 6.45) is 1.77. The topological polar surface area (TPSA) is 64.5 Å². The zero-order valence-corrected chi connectivity index (χ0v) is 24.6. The third kappa shape index (κ3) is 5.11. The molecule has 0 atom stereocenters. The number of rotatable bonds is 5. The summed E-state index contributed by atoms with van der Waals surface area (Å²) < 4.78 is 0. The van der Waals surface area contributed by atoms with E-state index >= 15 is 0 Å². The van der Waals surface area contributed by atoms with E-state index in [2.05, 4.69) is 89.9 Å². The highest BCUT2D eigenvalue weighted by Gasteiger charge is 2.15. The lowest BCUT2D eigenvalue weighted by Crippen LogP contribution is -1.97. The predicted octanol–water partition coefficient (Wildman–Crippen LogP) is 9.61. The van der Waals surface area contributed by atoms with Crippen LogP contribution in [0.15, 0.2) is 146 Å². The van der Waals surface area contributed by atoms with E-state index in [1.165, 1.54) is 0 Å². The number of aromatic nitrogens is 5. The van der Waals surface area contributed by atoms with Crippen molar-refractivity contribution < 1.29 is 0 Å². The van der Waals surface area contributed by atoms with Gasteiger partial charge in [-0.2, -0.15) is 0 Å². The molecule has 4 aromatic carbocycles. The molecule has 0 saturated carbocycles. The third-order valence-electron chi connectivity index (χ3n) is 8.00. The predicted molar refractivity (Wildman–Crippen MR) is 182 cm³/mol. The maximum absolute atomic E-state index is 5.11. The molecule has 0 saturated heterocycles. The van der Waals surface area contributed by atoms with Crippen molar-refractivity contribution in [2.24, 2.45) is 0 Å². The molecule has 0 N–H and O–H groups in total. The maximum atomic E-state index is 5.11. The molecule has 4 heterocycles. The van der Waals surface area contributed by atoms with Gasteiger partial charge in [0.15, 0.2) is 5.82 Å². The van der Waals surface area contributed by atoms with E-state index in [0.29, 0.717) is 5.82 Å². The Morgan fingerprint density at radius 2 is 1.09 bits per heavy atom. The minimum absolute atomic E-state index is 0.592. The van der Waals surface area contributed by atoms with Gasteiger partial charge in [0.25, 0.3) is 0 Å². The number of hydrogen-bond acceptors (Lipinski definition) is 5. The van der Waals surface area contributed by atoms with Crippen LogP contribution in [0.5, 0.6) is 0 Å². The summed E-state index contributed by atoms with van der Waals surface area (Å²) >= 11 is 0. The van der Waals surface area contributed by atoms with Gasteiger partial charge in [-0.25, -0.2) is 15.0 Å². The smallest absolute Gasteiger partial charge is 0.179 e. The standard InChI is InChI=1S/C40H27N5/c1-26-23-33(32-20-18-29-19-21-34(27-11-4-2-5-12-27)43-38(29)39(32)42-26)30-15-10-16-31(24-30)37-25-36(28-13-6-3-7-14-28)44-40(45-37)35-17-8-9-22-41-35/h2-25H,1H3. The number of pyridine rings is 3. The maximum Gasteiger partial charge on any atom is 0.179 e. The number of fused-ring (bicyclic) bond motifs is 3. The quantitative estimate of drug-likeness (QED) is 0.191. The second-order valence-corrected chi connectivity index (χ2v) is 11.0. The summed E-state index contributed by atoms with van der Waals surface area (Å²) in [4.78, 5) is 24.6. The number of nitrogens with zero attached hydrogens (tertiary/aromatic N) is 5. The van der Waals surface area contributed by atoms with Crippen molar-refractivity contribution in [1.82, 2.24) is 24.9 Å². The summed E-state index contributed by atoms with van der Waals surface area (Å²) in [5, 5.41) is 2.13. The molecular weight excluding hydrogens is 550 g/mol. The normalized spacial score (nSPS) is 11.2. The summed E-state index contributed by atoms with van der Waals surface area (Å²) in [6, 6.07) is 47.5. The van der Waals surface area contributed by atoms with E-state index < -0.39 is 0 Å². The average molecular weight is 578 g/mol. The molecule has 0 unspecified atom stereocenters. The third-order valence-corrected chi connectivity index (χ3v) is 8.00. The Hall–Kier alpha value is -6.07. The van der Waals surface area contributed by atoms with Gasteiger partial charge >= 0.3 is 0 Å². The van der Waals surface area contributed by atoms with Crippen molar-refractivity contribution in [3.63, 3.8) is 0 Å². The van der Waals surface area contributed by atoms with Crippen molar-refractivity contribution >= 4 is 21.8 Å². The first kappa shape index (κ1) is 26.5. The molecule has 0 bridgehead atoms. The van der Waals surface area contributed by atoms with Crippen molar-refractivity contribution in [3.05, 3.63) is 151 Å². The molecule has 4 aromatic heterocycles. The monoisotopic (exact) mass is 577 g/mol. The highest BCUT2D eigenvalue weighted by molar-refractivity contribution is 6.09. The fraction of sp³-hybridized carbons (Fsp3) is 0.0250. The average Bonchev–Trinajstić information content (AvgIpc) is 3.12. The van der Waals surface area contributed by atoms with Crippen LogP contribution in [0.1, 0.15) is 5.69 Å². The molecule has 212 valence electrons. The van der Waals surface area contributed by atoms with Crippen LogP contribution in [0.25, 0.3) is 78.2 Å². The Balaban J connectivity index is 1.29. The van der Waals surface area contributed by atoms with Gasteiger partial charge in [-0.05, 0) is 54.4 Å².